The van der Waals surface area contributed by atoms with Gasteiger partial charge >= 0.3 is 5.97 Å². The van der Waals surface area contributed by atoms with E-state index < -0.39 is 0 Å². The second kappa shape index (κ2) is 5.42. The first-order valence-electron chi connectivity index (χ1n) is 6.42. The van der Waals surface area contributed by atoms with Gasteiger partial charge in [-0.05, 0) is 48.4 Å². The van der Waals surface area contributed by atoms with Gasteiger partial charge in [0, 0.05) is 0 Å². The van der Waals surface area contributed by atoms with Crippen LogP contribution in [-0.2, 0) is 16.0 Å². The van der Waals surface area contributed by atoms with Crippen molar-refractivity contribution in [2.45, 2.75) is 32.1 Å². The van der Waals surface area contributed by atoms with E-state index in [1.165, 1.54) is 18.2 Å². The Morgan fingerprint density at radius 2 is 2.17 bits per heavy atom. The zero-order chi connectivity index (χ0) is 13.1. The number of carbonyl (C=O) groups is 1. The first-order valence-corrected chi connectivity index (χ1v) is 6.42. The second-order valence-electron chi connectivity index (χ2n) is 4.88. The average molecular weight is 248 g/mol. The molecule has 0 aromatic heterocycles. The lowest BCUT2D eigenvalue weighted by molar-refractivity contribution is -0.145. The molecule has 0 amide bonds. The number of hydrogen-bond donors (Lipinski definition) is 0. The van der Waals surface area contributed by atoms with Gasteiger partial charge in [-0.15, -0.1) is 0 Å². The fourth-order valence-electron chi connectivity index (χ4n) is 2.82. The van der Waals surface area contributed by atoms with Gasteiger partial charge in [-0.25, -0.2) is 0 Å². The van der Waals surface area contributed by atoms with Crippen LogP contribution < -0.4 is 4.74 Å². The number of rotatable bonds is 3. The van der Waals surface area contributed by atoms with E-state index >= 15 is 0 Å². The van der Waals surface area contributed by atoms with Crippen molar-refractivity contribution < 1.29 is 14.3 Å². The minimum Gasteiger partial charge on any atom is -0.497 e. The Morgan fingerprint density at radius 1 is 1.39 bits per heavy atom. The van der Waals surface area contributed by atoms with Crippen molar-refractivity contribution in [3.05, 3.63) is 29.3 Å². The molecule has 3 heteroatoms. The smallest absolute Gasteiger partial charge is 0.308 e. The highest BCUT2D eigenvalue weighted by Gasteiger charge is 2.30. The molecule has 0 unspecified atom stereocenters. The lowest BCUT2D eigenvalue weighted by Crippen LogP contribution is -2.24. The van der Waals surface area contributed by atoms with Gasteiger partial charge in [0.15, 0.2) is 0 Å². The molecule has 0 bridgehead atoms. The summed E-state index contributed by atoms with van der Waals surface area (Å²) in [7, 11) is 3.13. The van der Waals surface area contributed by atoms with E-state index in [1.807, 2.05) is 13.0 Å². The summed E-state index contributed by atoms with van der Waals surface area (Å²) in [6.07, 6.45) is 3.23. The van der Waals surface area contributed by atoms with Crippen molar-refractivity contribution in [3.63, 3.8) is 0 Å². The number of fused-ring (bicyclic) bond motifs is 1. The Hall–Kier alpha value is -1.51. The molecular weight excluding hydrogens is 228 g/mol. The normalized spacial score (nSPS) is 19.8. The van der Waals surface area contributed by atoms with Gasteiger partial charge in [-0.3, -0.25) is 4.79 Å². The van der Waals surface area contributed by atoms with Gasteiger partial charge in [-0.2, -0.15) is 0 Å². The van der Waals surface area contributed by atoms with Crippen molar-refractivity contribution in [1.29, 1.82) is 0 Å². The lowest BCUT2D eigenvalue weighted by atomic mass is 9.76. The van der Waals surface area contributed by atoms with Gasteiger partial charge in [0.05, 0.1) is 20.1 Å². The summed E-state index contributed by atoms with van der Waals surface area (Å²) in [6, 6.07) is 6.16. The standard InChI is InChI=1S/C15H20O3/c1-10(15(16)18-3)13-6-4-5-11-9-12(17-2)7-8-14(11)13/h7-10,13H,4-6H2,1-3H3/t10-,13-/m0/s1. The molecule has 0 heterocycles. The molecule has 3 nitrogen and oxygen atoms in total. The summed E-state index contributed by atoms with van der Waals surface area (Å²) in [5.41, 5.74) is 2.58. The summed E-state index contributed by atoms with van der Waals surface area (Å²) in [5, 5.41) is 0. The fourth-order valence-corrected chi connectivity index (χ4v) is 2.82. The van der Waals surface area contributed by atoms with Gasteiger partial charge in [-0.1, -0.05) is 13.0 Å². The average Bonchev–Trinajstić information content (AvgIpc) is 2.44. The predicted octanol–water partition coefficient (Wildman–Crippen LogP) is 2.92. The third kappa shape index (κ3) is 2.35. The SMILES string of the molecule is COC(=O)[C@@H](C)[C@@H]1CCCc2cc(OC)ccc21. The van der Waals surface area contributed by atoms with E-state index in [2.05, 4.69) is 12.1 Å². The molecule has 2 atom stereocenters. The third-order valence-electron chi connectivity index (χ3n) is 3.89. The quantitative estimate of drug-likeness (QED) is 0.771. The van der Waals surface area contributed by atoms with Crippen LogP contribution in [0.5, 0.6) is 5.75 Å². The molecule has 1 aromatic carbocycles. The summed E-state index contributed by atoms with van der Waals surface area (Å²) >= 11 is 0. The van der Waals surface area contributed by atoms with Crippen LogP contribution in [0, 0.1) is 5.92 Å². The van der Waals surface area contributed by atoms with E-state index in [1.54, 1.807) is 7.11 Å². The van der Waals surface area contributed by atoms with Crippen molar-refractivity contribution in [2.24, 2.45) is 5.92 Å². The maximum absolute atomic E-state index is 11.7. The van der Waals surface area contributed by atoms with Crippen molar-refractivity contribution in [2.75, 3.05) is 14.2 Å². The molecule has 98 valence electrons. The van der Waals surface area contributed by atoms with Crippen LogP contribution in [0.4, 0.5) is 0 Å². The van der Waals surface area contributed by atoms with E-state index in [-0.39, 0.29) is 17.8 Å². The number of methoxy groups -OCH3 is 2. The Kier molecular flexibility index (Phi) is 3.90. The topological polar surface area (TPSA) is 35.5 Å². The number of carbonyl (C=O) groups excluding carboxylic acids is 1. The highest BCUT2D eigenvalue weighted by atomic mass is 16.5. The van der Waals surface area contributed by atoms with Crippen LogP contribution in [0.2, 0.25) is 0 Å². The largest absolute Gasteiger partial charge is 0.497 e. The summed E-state index contributed by atoms with van der Waals surface area (Å²) in [6.45, 7) is 1.95. The number of benzene rings is 1. The number of hydrogen-bond acceptors (Lipinski definition) is 3. The Morgan fingerprint density at radius 3 is 2.83 bits per heavy atom. The van der Waals surface area contributed by atoms with E-state index in [0.29, 0.717) is 0 Å². The third-order valence-corrected chi connectivity index (χ3v) is 3.89. The van der Waals surface area contributed by atoms with Crippen LogP contribution in [0.3, 0.4) is 0 Å². The van der Waals surface area contributed by atoms with E-state index in [9.17, 15) is 4.79 Å². The Balaban J connectivity index is 2.30. The second-order valence-corrected chi connectivity index (χ2v) is 4.88. The molecule has 1 aliphatic carbocycles. The van der Waals surface area contributed by atoms with Crippen LogP contribution in [-0.4, -0.2) is 20.2 Å². The van der Waals surface area contributed by atoms with Gasteiger partial charge in [0.2, 0.25) is 0 Å². The molecular formula is C15H20O3. The van der Waals surface area contributed by atoms with Gasteiger partial charge in [0.25, 0.3) is 0 Å². The molecule has 0 N–H and O–H groups in total. The summed E-state index contributed by atoms with van der Waals surface area (Å²) in [5.74, 6) is 0.957. The van der Waals surface area contributed by atoms with Crippen molar-refractivity contribution in [1.82, 2.24) is 0 Å². The molecule has 0 saturated carbocycles. The molecule has 0 saturated heterocycles. The zero-order valence-corrected chi connectivity index (χ0v) is 11.2. The number of esters is 1. The summed E-state index contributed by atoms with van der Waals surface area (Å²) in [4.78, 5) is 11.7. The lowest BCUT2D eigenvalue weighted by Gasteiger charge is -2.29. The van der Waals surface area contributed by atoms with Gasteiger partial charge in [0.1, 0.15) is 5.75 Å². The predicted molar refractivity (Wildman–Crippen MR) is 69.9 cm³/mol. The first kappa shape index (κ1) is 12.9. The highest BCUT2D eigenvalue weighted by molar-refractivity contribution is 5.73. The minimum atomic E-state index is -0.122. The molecule has 1 aromatic rings. The van der Waals surface area contributed by atoms with E-state index in [4.69, 9.17) is 9.47 Å². The summed E-state index contributed by atoms with van der Waals surface area (Å²) < 4.78 is 10.1. The molecule has 1 aliphatic rings. The van der Waals surface area contributed by atoms with Crippen LogP contribution >= 0.6 is 0 Å². The van der Waals surface area contributed by atoms with Crippen molar-refractivity contribution in [3.8, 4) is 5.75 Å². The van der Waals surface area contributed by atoms with Gasteiger partial charge < -0.3 is 9.47 Å². The molecule has 2 rings (SSSR count). The van der Waals surface area contributed by atoms with Crippen LogP contribution in [0.15, 0.2) is 18.2 Å². The zero-order valence-electron chi connectivity index (χ0n) is 11.2. The molecule has 18 heavy (non-hydrogen) atoms. The number of ether oxygens (including phenoxy) is 2. The number of aryl methyl sites for hydroxylation is 1. The highest BCUT2D eigenvalue weighted by Crippen LogP contribution is 2.38. The maximum atomic E-state index is 11.7. The molecule has 0 spiro atoms. The minimum absolute atomic E-state index is 0.0811. The Labute approximate surface area is 108 Å². The molecule has 0 fully saturated rings. The van der Waals surface area contributed by atoms with Crippen molar-refractivity contribution >= 4 is 5.97 Å². The fraction of sp³-hybridized carbons (Fsp3) is 0.533. The molecule has 0 aliphatic heterocycles. The maximum Gasteiger partial charge on any atom is 0.308 e. The van der Waals surface area contributed by atoms with Crippen LogP contribution in [0.1, 0.15) is 36.8 Å². The molecule has 0 radical (unpaired) electrons. The first-order chi connectivity index (χ1) is 8.67. The van der Waals surface area contributed by atoms with Crippen LogP contribution in [0.25, 0.3) is 0 Å². The van der Waals surface area contributed by atoms with E-state index in [0.717, 1.165) is 25.0 Å². The monoisotopic (exact) mass is 248 g/mol. The Bertz CT molecular complexity index is 439.